The van der Waals surface area contributed by atoms with Gasteiger partial charge < -0.3 is 15.8 Å². The topological polar surface area (TPSA) is 60.2 Å². The van der Waals surface area contributed by atoms with Crippen LogP contribution in [0.1, 0.15) is 0 Å². The van der Waals surface area contributed by atoms with Crippen LogP contribution in [0.2, 0.25) is 5.02 Å². The Morgan fingerprint density at radius 1 is 1.28 bits per heavy atom. The number of nitrogens with zero attached hydrogens (tertiary/aromatic N) is 1. The number of pyridine rings is 1. The molecular formula is C13H14ClN3O. The lowest BCUT2D eigenvalue weighted by atomic mass is 10.3. The zero-order valence-corrected chi connectivity index (χ0v) is 10.5. The van der Waals surface area contributed by atoms with Gasteiger partial charge in [-0.05, 0) is 18.2 Å². The van der Waals surface area contributed by atoms with Gasteiger partial charge in [0, 0.05) is 18.9 Å². The highest BCUT2D eigenvalue weighted by Crippen LogP contribution is 2.20. The van der Waals surface area contributed by atoms with E-state index in [1.165, 1.54) is 0 Å². The molecule has 0 aliphatic carbocycles. The van der Waals surface area contributed by atoms with E-state index in [-0.39, 0.29) is 0 Å². The highest BCUT2D eigenvalue weighted by atomic mass is 35.5. The molecule has 2 aromatic rings. The summed E-state index contributed by atoms with van der Waals surface area (Å²) < 4.78 is 5.55. The summed E-state index contributed by atoms with van der Waals surface area (Å²) in [5, 5.41) is 3.76. The number of hydrogen-bond acceptors (Lipinski definition) is 4. The second kappa shape index (κ2) is 6.12. The Balaban J connectivity index is 1.80. The van der Waals surface area contributed by atoms with Gasteiger partial charge in [-0.15, -0.1) is 0 Å². The maximum atomic E-state index is 5.96. The van der Waals surface area contributed by atoms with Gasteiger partial charge in [0.1, 0.15) is 12.4 Å². The average molecular weight is 264 g/mol. The standard InChI is InChI=1S/C13H14ClN3O/c14-10-9-16-6-5-12(10)17-7-8-18-13-4-2-1-3-11(13)15/h1-6,9H,7-8,15H2,(H,16,17). The SMILES string of the molecule is Nc1ccccc1OCCNc1ccncc1Cl. The minimum atomic E-state index is 0.507. The molecule has 2 rings (SSSR count). The van der Waals surface area contributed by atoms with Gasteiger partial charge in [0.25, 0.3) is 0 Å². The number of nitrogens with two attached hydrogens (primary N) is 1. The molecule has 1 aromatic heterocycles. The van der Waals surface area contributed by atoms with Crippen LogP contribution in [0.4, 0.5) is 11.4 Å². The third kappa shape index (κ3) is 3.28. The second-order valence-corrected chi connectivity index (χ2v) is 4.08. The molecule has 0 atom stereocenters. The first-order chi connectivity index (χ1) is 8.77. The summed E-state index contributed by atoms with van der Waals surface area (Å²) >= 11 is 5.96. The Labute approximate surface area is 111 Å². The van der Waals surface area contributed by atoms with Gasteiger partial charge in [-0.25, -0.2) is 0 Å². The molecule has 94 valence electrons. The molecule has 3 N–H and O–H groups in total. The highest BCUT2D eigenvalue weighted by Gasteiger charge is 2.00. The predicted molar refractivity (Wildman–Crippen MR) is 74.1 cm³/mol. The van der Waals surface area contributed by atoms with E-state index in [4.69, 9.17) is 22.1 Å². The van der Waals surface area contributed by atoms with Crippen LogP contribution >= 0.6 is 11.6 Å². The lowest BCUT2D eigenvalue weighted by Crippen LogP contribution is -2.12. The summed E-state index contributed by atoms with van der Waals surface area (Å²) in [5.74, 6) is 0.695. The number of aromatic nitrogens is 1. The van der Waals surface area contributed by atoms with Crippen molar-refractivity contribution in [2.45, 2.75) is 0 Å². The second-order valence-electron chi connectivity index (χ2n) is 3.67. The van der Waals surface area contributed by atoms with Gasteiger partial charge in [-0.2, -0.15) is 0 Å². The molecule has 0 spiro atoms. The van der Waals surface area contributed by atoms with Crippen molar-refractivity contribution in [1.82, 2.24) is 4.98 Å². The minimum Gasteiger partial charge on any atom is -0.490 e. The lowest BCUT2D eigenvalue weighted by Gasteiger charge is -2.10. The van der Waals surface area contributed by atoms with Crippen molar-refractivity contribution in [3.8, 4) is 5.75 Å². The van der Waals surface area contributed by atoms with Gasteiger partial charge in [0.15, 0.2) is 0 Å². The summed E-state index contributed by atoms with van der Waals surface area (Å²) in [5.41, 5.74) is 7.25. The zero-order valence-electron chi connectivity index (χ0n) is 9.77. The van der Waals surface area contributed by atoms with Crippen LogP contribution < -0.4 is 15.8 Å². The monoisotopic (exact) mass is 263 g/mol. The van der Waals surface area contributed by atoms with Crippen molar-refractivity contribution in [3.05, 3.63) is 47.7 Å². The number of nitrogens with one attached hydrogen (secondary N) is 1. The predicted octanol–water partition coefficient (Wildman–Crippen LogP) is 2.81. The maximum Gasteiger partial charge on any atom is 0.142 e. The van der Waals surface area contributed by atoms with Crippen LogP contribution in [0.3, 0.4) is 0 Å². The third-order valence-electron chi connectivity index (χ3n) is 2.37. The normalized spacial score (nSPS) is 10.1. The van der Waals surface area contributed by atoms with E-state index < -0.39 is 0 Å². The molecule has 0 fully saturated rings. The number of anilines is 2. The van der Waals surface area contributed by atoms with Crippen molar-refractivity contribution in [2.24, 2.45) is 0 Å². The number of nitrogen functional groups attached to an aromatic ring is 1. The molecule has 0 bridgehead atoms. The fourth-order valence-corrected chi connectivity index (χ4v) is 1.66. The number of para-hydroxylation sites is 2. The van der Waals surface area contributed by atoms with Crippen LogP contribution in [0, 0.1) is 0 Å². The molecule has 1 heterocycles. The van der Waals surface area contributed by atoms with E-state index in [9.17, 15) is 0 Å². The zero-order chi connectivity index (χ0) is 12.8. The van der Waals surface area contributed by atoms with Crippen molar-refractivity contribution in [2.75, 3.05) is 24.2 Å². The van der Waals surface area contributed by atoms with Gasteiger partial charge in [-0.1, -0.05) is 23.7 Å². The van der Waals surface area contributed by atoms with Gasteiger partial charge in [0.2, 0.25) is 0 Å². The lowest BCUT2D eigenvalue weighted by molar-refractivity contribution is 0.334. The van der Waals surface area contributed by atoms with Crippen molar-refractivity contribution < 1.29 is 4.74 Å². The molecule has 0 aliphatic heterocycles. The fraction of sp³-hybridized carbons (Fsp3) is 0.154. The van der Waals surface area contributed by atoms with Crippen LogP contribution in [0.25, 0.3) is 0 Å². The van der Waals surface area contributed by atoms with Crippen molar-refractivity contribution >= 4 is 23.0 Å². The number of benzene rings is 1. The summed E-state index contributed by atoms with van der Waals surface area (Å²) in [6, 6.07) is 9.23. The number of ether oxygens (including phenoxy) is 1. The molecule has 0 amide bonds. The number of rotatable bonds is 5. The summed E-state index contributed by atoms with van der Waals surface area (Å²) in [6.07, 6.45) is 3.28. The first-order valence-corrected chi connectivity index (χ1v) is 5.96. The quantitative estimate of drug-likeness (QED) is 0.643. The van der Waals surface area contributed by atoms with Crippen molar-refractivity contribution in [1.29, 1.82) is 0 Å². The number of halogens is 1. The Morgan fingerprint density at radius 2 is 2.11 bits per heavy atom. The molecule has 4 nitrogen and oxygen atoms in total. The Hall–Kier alpha value is -1.94. The van der Waals surface area contributed by atoms with E-state index >= 15 is 0 Å². The Kier molecular flexibility index (Phi) is 4.25. The van der Waals surface area contributed by atoms with Gasteiger partial charge in [-0.3, -0.25) is 4.98 Å². The van der Waals surface area contributed by atoms with Crippen LogP contribution in [-0.4, -0.2) is 18.1 Å². The average Bonchev–Trinajstić information content (AvgIpc) is 2.38. The van der Waals surface area contributed by atoms with E-state index in [1.54, 1.807) is 12.4 Å². The summed E-state index contributed by atoms with van der Waals surface area (Å²) in [6.45, 7) is 1.14. The smallest absolute Gasteiger partial charge is 0.142 e. The van der Waals surface area contributed by atoms with Gasteiger partial charge in [0.05, 0.1) is 16.4 Å². The molecule has 0 saturated heterocycles. The van der Waals surface area contributed by atoms with Crippen LogP contribution in [0.5, 0.6) is 5.75 Å². The molecule has 0 unspecified atom stereocenters. The largest absolute Gasteiger partial charge is 0.490 e. The van der Waals surface area contributed by atoms with E-state index in [1.807, 2.05) is 30.3 Å². The number of hydrogen-bond donors (Lipinski definition) is 2. The maximum absolute atomic E-state index is 5.96. The molecule has 0 saturated carbocycles. The summed E-state index contributed by atoms with van der Waals surface area (Å²) in [7, 11) is 0. The first-order valence-electron chi connectivity index (χ1n) is 5.58. The summed E-state index contributed by atoms with van der Waals surface area (Å²) in [4.78, 5) is 3.91. The fourth-order valence-electron chi connectivity index (χ4n) is 1.48. The minimum absolute atomic E-state index is 0.507. The molecular weight excluding hydrogens is 250 g/mol. The van der Waals surface area contributed by atoms with Crippen LogP contribution in [0.15, 0.2) is 42.7 Å². The highest BCUT2D eigenvalue weighted by molar-refractivity contribution is 6.33. The molecule has 0 radical (unpaired) electrons. The molecule has 0 aliphatic rings. The van der Waals surface area contributed by atoms with Gasteiger partial charge >= 0.3 is 0 Å². The van der Waals surface area contributed by atoms with E-state index in [0.717, 1.165) is 5.69 Å². The van der Waals surface area contributed by atoms with E-state index in [2.05, 4.69) is 10.3 Å². The Bertz CT molecular complexity index is 472. The van der Waals surface area contributed by atoms with Crippen LogP contribution in [-0.2, 0) is 0 Å². The Morgan fingerprint density at radius 3 is 2.89 bits per heavy atom. The molecule has 1 aromatic carbocycles. The first kappa shape index (κ1) is 12.5. The van der Waals surface area contributed by atoms with E-state index in [0.29, 0.717) is 29.6 Å². The molecule has 18 heavy (non-hydrogen) atoms. The molecule has 5 heteroatoms. The third-order valence-corrected chi connectivity index (χ3v) is 2.67. The van der Waals surface area contributed by atoms with Crippen molar-refractivity contribution in [3.63, 3.8) is 0 Å².